The Bertz CT molecular complexity index is 278. The van der Waals surface area contributed by atoms with Crippen LogP contribution in [-0.4, -0.2) is 41.4 Å². The summed E-state index contributed by atoms with van der Waals surface area (Å²) >= 11 is 0. The van der Waals surface area contributed by atoms with Crippen LogP contribution in [-0.2, 0) is 9.59 Å². The lowest BCUT2D eigenvalue weighted by Crippen LogP contribution is -2.43. The molecule has 1 aliphatic rings. The average molecular weight is 227 g/mol. The molecule has 0 bridgehead atoms. The number of nitrogens with zero attached hydrogens (tertiary/aromatic N) is 1. The highest BCUT2D eigenvalue weighted by molar-refractivity contribution is 5.78. The van der Waals surface area contributed by atoms with Gasteiger partial charge < -0.3 is 10.0 Å². The molecule has 1 fully saturated rings. The highest BCUT2D eigenvalue weighted by Crippen LogP contribution is 2.23. The summed E-state index contributed by atoms with van der Waals surface area (Å²) in [5.74, 6) is -0.317. The molecule has 0 spiro atoms. The zero-order valence-electron chi connectivity index (χ0n) is 10.3. The number of carbonyl (C=O) groups excluding carboxylic acids is 1. The maximum atomic E-state index is 11.2. The number of piperidine rings is 1. The number of hydrogen-bond donors (Lipinski definition) is 1. The highest BCUT2D eigenvalue weighted by atomic mass is 16.4. The lowest BCUT2D eigenvalue weighted by molar-refractivity contribution is -0.148. The first-order valence-corrected chi connectivity index (χ1v) is 5.79. The van der Waals surface area contributed by atoms with E-state index in [1.54, 1.807) is 20.8 Å². The SMILES string of the molecule is CC(=O)C1CCN(CC(C)(C)C(=O)O)CC1. The molecule has 0 atom stereocenters. The van der Waals surface area contributed by atoms with Crippen molar-refractivity contribution < 1.29 is 14.7 Å². The fourth-order valence-corrected chi connectivity index (χ4v) is 2.12. The summed E-state index contributed by atoms with van der Waals surface area (Å²) in [5.41, 5.74) is -0.705. The van der Waals surface area contributed by atoms with E-state index >= 15 is 0 Å². The Morgan fingerprint density at radius 3 is 2.19 bits per heavy atom. The van der Waals surface area contributed by atoms with Gasteiger partial charge in [0.25, 0.3) is 0 Å². The van der Waals surface area contributed by atoms with Gasteiger partial charge in [-0.1, -0.05) is 0 Å². The molecule has 4 heteroatoms. The molecule has 1 aliphatic heterocycles. The van der Waals surface area contributed by atoms with Crippen LogP contribution in [0.2, 0.25) is 0 Å². The van der Waals surface area contributed by atoms with Crippen molar-refractivity contribution in [1.82, 2.24) is 4.90 Å². The van der Waals surface area contributed by atoms with Crippen LogP contribution in [0.4, 0.5) is 0 Å². The number of carboxylic acids is 1. The second kappa shape index (κ2) is 4.95. The molecule has 0 aromatic rings. The summed E-state index contributed by atoms with van der Waals surface area (Å²) in [6.07, 6.45) is 1.73. The quantitative estimate of drug-likeness (QED) is 0.788. The van der Waals surface area contributed by atoms with Crippen LogP contribution < -0.4 is 0 Å². The molecule has 4 nitrogen and oxygen atoms in total. The van der Waals surface area contributed by atoms with Gasteiger partial charge in [-0.3, -0.25) is 9.59 Å². The van der Waals surface area contributed by atoms with Crippen molar-refractivity contribution in [2.45, 2.75) is 33.6 Å². The molecule has 1 heterocycles. The lowest BCUT2D eigenvalue weighted by Gasteiger charge is -2.34. The minimum atomic E-state index is -0.763. The zero-order chi connectivity index (χ0) is 12.3. The summed E-state index contributed by atoms with van der Waals surface area (Å²) in [6, 6.07) is 0. The van der Waals surface area contributed by atoms with E-state index in [0.717, 1.165) is 25.9 Å². The predicted molar refractivity (Wildman–Crippen MR) is 61.3 cm³/mol. The van der Waals surface area contributed by atoms with Crippen LogP contribution in [0.15, 0.2) is 0 Å². The van der Waals surface area contributed by atoms with Crippen LogP contribution >= 0.6 is 0 Å². The number of carbonyl (C=O) groups is 2. The molecule has 0 aromatic heterocycles. The normalized spacial score (nSPS) is 19.7. The van der Waals surface area contributed by atoms with Crippen molar-refractivity contribution in [1.29, 1.82) is 0 Å². The molecule has 1 N–H and O–H groups in total. The number of Topliss-reactive ketones (excluding diaryl/α,β-unsaturated/α-hetero) is 1. The van der Waals surface area contributed by atoms with Crippen molar-refractivity contribution in [3.63, 3.8) is 0 Å². The molecule has 1 saturated heterocycles. The Hall–Kier alpha value is -0.900. The second-order valence-corrected chi connectivity index (χ2v) is 5.35. The Morgan fingerprint density at radius 2 is 1.81 bits per heavy atom. The number of ketones is 1. The van der Waals surface area contributed by atoms with Gasteiger partial charge in [0.2, 0.25) is 0 Å². The van der Waals surface area contributed by atoms with Gasteiger partial charge in [-0.05, 0) is 46.7 Å². The van der Waals surface area contributed by atoms with Gasteiger partial charge in [0.1, 0.15) is 5.78 Å². The Kier molecular flexibility index (Phi) is 4.08. The van der Waals surface area contributed by atoms with Crippen LogP contribution in [0.25, 0.3) is 0 Å². The van der Waals surface area contributed by atoms with E-state index < -0.39 is 11.4 Å². The summed E-state index contributed by atoms with van der Waals surface area (Å²) in [7, 11) is 0. The molecule has 1 rings (SSSR count). The first kappa shape index (κ1) is 13.2. The molecule has 0 aliphatic carbocycles. The average Bonchev–Trinajstić information content (AvgIpc) is 2.17. The standard InChI is InChI=1S/C12H21NO3/c1-9(14)10-4-6-13(7-5-10)8-12(2,3)11(15)16/h10H,4-8H2,1-3H3,(H,15,16). The summed E-state index contributed by atoms with van der Waals surface area (Å²) < 4.78 is 0. The van der Waals surface area contributed by atoms with Crippen molar-refractivity contribution >= 4 is 11.8 Å². The predicted octanol–water partition coefficient (Wildman–Crippen LogP) is 1.40. The van der Waals surface area contributed by atoms with Crippen molar-refractivity contribution in [2.24, 2.45) is 11.3 Å². The third kappa shape index (κ3) is 3.30. The fraction of sp³-hybridized carbons (Fsp3) is 0.833. The molecule has 0 aromatic carbocycles. The first-order chi connectivity index (χ1) is 7.33. The topological polar surface area (TPSA) is 57.6 Å². The van der Waals surface area contributed by atoms with Crippen LogP contribution in [0.1, 0.15) is 33.6 Å². The largest absolute Gasteiger partial charge is 0.481 e. The molecule has 0 saturated carbocycles. The second-order valence-electron chi connectivity index (χ2n) is 5.35. The van der Waals surface area contributed by atoms with E-state index in [1.807, 2.05) is 0 Å². The molecular weight excluding hydrogens is 206 g/mol. The lowest BCUT2D eigenvalue weighted by atomic mass is 9.89. The molecule has 0 radical (unpaired) electrons. The Balaban J connectivity index is 2.43. The Labute approximate surface area is 96.6 Å². The zero-order valence-corrected chi connectivity index (χ0v) is 10.3. The van der Waals surface area contributed by atoms with Gasteiger partial charge in [0.05, 0.1) is 5.41 Å². The van der Waals surface area contributed by atoms with Crippen LogP contribution in [0.5, 0.6) is 0 Å². The molecule has 92 valence electrons. The maximum Gasteiger partial charge on any atom is 0.310 e. The van der Waals surface area contributed by atoms with Crippen molar-refractivity contribution in [2.75, 3.05) is 19.6 Å². The monoisotopic (exact) mass is 227 g/mol. The first-order valence-electron chi connectivity index (χ1n) is 5.79. The summed E-state index contributed by atoms with van der Waals surface area (Å²) in [4.78, 5) is 24.3. The fourth-order valence-electron chi connectivity index (χ4n) is 2.12. The van der Waals surface area contributed by atoms with Crippen molar-refractivity contribution in [3.8, 4) is 0 Å². The van der Waals surface area contributed by atoms with Gasteiger partial charge in [-0.25, -0.2) is 0 Å². The number of rotatable bonds is 4. The van der Waals surface area contributed by atoms with Gasteiger partial charge in [0.15, 0.2) is 0 Å². The van der Waals surface area contributed by atoms with E-state index in [2.05, 4.69) is 4.90 Å². The molecule has 0 unspecified atom stereocenters. The number of aliphatic carboxylic acids is 1. The van der Waals surface area contributed by atoms with Gasteiger partial charge >= 0.3 is 5.97 Å². The smallest absolute Gasteiger partial charge is 0.310 e. The third-order valence-corrected chi connectivity index (χ3v) is 3.36. The van der Waals surface area contributed by atoms with E-state index in [4.69, 9.17) is 5.11 Å². The third-order valence-electron chi connectivity index (χ3n) is 3.36. The maximum absolute atomic E-state index is 11.2. The molecular formula is C12H21NO3. The van der Waals surface area contributed by atoms with E-state index in [9.17, 15) is 9.59 Å². The van der Waals surface area contributed by atoms with Gasteiger partial charge in [-0.15, -0.1) is 0 Å². The number of likely N-dealkylation sites (tertiary alicyclic amines) is 1. The molecule has 0 amide bonds. The van der Waals surface area contributed by atoms with Gasteiger partial charge in [-0.2, -0.15) is 0 Å². The minimum Gasteiger partial charge on any atom is -0.481 e. The highest BCUT2D eigenvalue weighted by Gasteiger charge is 2.32. The minimum absolute atomic E-state index is 0.184. The number of carboxylic acid groups (broad SMARTS) is 1. The van der Waals surface area contributed by atoms with Crippen LogP contribution in [0, 0.1) is 11.3 Å². The Morgan fingerprint density at radius 1 is 1.31 bits per heavy atom. The van der Waals surface area contributed by atoms with Crippen molar-refractivity contribution in [3.05, 3.63) is 0 Å². The summed E-state index contributed by atoms with van der Waals surface area (Å²) in [6.45, 7) is 7.36. The van der Waals surface area contributed by atoms with Crippen LogP contribution in [0.3, 0.4) is 0 Å². The van der Waals surface area contributed by atoms with E-state index in [1.165, 1.54) is 0 Å². The summed E-state index contributed by atoms with van der Waals surface area (Å²) in [5, 5.41) is 9.03. The molecule has 16 heavy (non-hydrogen) atoms. The number of hydrogen-bond acceptors (Lipinski definition) is 3. The van der Waals surface area contributed by atoms with E-state index in [0.29, 0.717) is 6.54 Å². The van der Waals surface area contributed by atoms with Gasteiger partial charge in [0, 0.05) is 12.5 Å². The van der Waals surface area contributed by atoms with E-state index in [-0.39, 0.29) is 11.7 Å².